The first kappa shape index (κ1) is 14.6. The molecule has 1 aromatic rings. The van der Waals surface area contributed by atoms with Crippen LogP contribution in [0.25, 0.3) is 0 Å². The van der Waals surface area contributed by atoms with Gasteiger partial charge in [-0.1, -0.05) is 18.6 Å². The number of benzene rings is 1. The summed E-state index contributed by atoms with van der Waals surface area (Å²) in [5.74, 6) is 1.82. The molecule has 21 heavy (non-hydrogen) atoms. The normalized spacial score (nSPS) is 32.1. The third-order valence-electron chi connectivity index (χ3n) is 4.80. The van der Waals surface area contributed by atoms with Crippen LogP contribution < -0.4 is 10.1 Å². The molecule has 114 valence electrons. The molecule has 1 N–H and O–H groups in total. The van der Waals surface area contributed by atoms with Gasteiger partial charge in [-0.3, -0.25) is 0 Å². The predicted octanol–water partition coefficient (Wildman–Crippen LogP) is 4.23. The number of hydrogen-bond donors (Lipinski definition) is 1. The Hall–Kier alpha value is -1.35. The lowest BCUT2D eigenvalue weighted by molar-refractivity contribution is 0.0809. The minimum absolute atomic E-state index is 0.177. The second-order valence-electron chi connectivity index (χ2n) is 6.61. The summed E-state index contributed by atoms with van der Waals surface area (Å²) < 4.78 is 19.7. The summed E-state index contributed by atoms with van der Waals surface area (Å²) in [5, 5.41) is 3.32. The fraction of sp³-hybridized carbons (Fsp3) is 0.556. The van der Waals surface area contributed by atoms with Crippen molar-refractivity contribution in [2.45, 2.75) is 45.3 Å². The summed E-state index contributed by atoms with van der Waals surface area (Å²) >= 11 is 0. The van der Waals surface area contributed by atoms with Crippen LogP contribution in [0.15, 0.2) is 29.8 Å². The lowest BCUT2D eigenvalue weighted by Gasteiger charge is -2.38. The first-order valence-corrected chi connectivity index (χ1v) is 7.87. The van der Waals surface area contributed by atoms with Crippen molar-refractivity contribution < 1.29 is 9.13 Å². The lowest BCUT2D eigenvalue weighted by Crippen LogP contribution is -2.38. The molecule has 2 aliphatic rings. The zero-order chi connectivity index (χ0) is 15.0. The third kappa shape index (κ3) is 2.98. The average Bonchev–Trinajstić information content (AvgIpc) is 2.45. The number of ether oxygens (including phenoxy) is 1. The molecule has 0 radical (unpaired) electrons. The van der Waals surface area contributed by atoms with E-state index >= 15 is 0 Å². The maximum Gasteiger partial charge on any atom is 0.124 e. The van der Waals surface area contributed by atoms with Crippen molar-refractivity contribution in [2.75, 3.05) is 7.05 Å². The summed E-state index contributed by atoms with van der Waals surface area (Å²) in [6.07, 6.45) is 5.79. The molecule has 0 saturated carbocycles. The monoisotopic (exact) mass is 289 g/mol. The van der Waals surface area contributed by atoms with E-state index in [1.54, 1.807) is 12.1 Å². The molecule has 0 amide bonds. The third-order valence-corrected chi connectivity index (χ3v) is 4.80. The zero-order valence-corrected chi connectivity index (χ0v) is 13.0. The van der Waals surface area contributed by atoms with E-state index in [1.807, 2.05) is 7.05 Å². The van der Waals surface area contributed by atoms with Crippen LogP contribution in [0.1, 0.15) is 44.7 Å². The fourth-order valence-corrected chi connectivity index (χ4v) is 3.91. The van der Waals surface area contributed by atoms with Gasteiger partial charge in [0.25, 0.3) is 0 Å². The molecule has 2 nitrogen and oxygen atoms in total. The average molecular weight is 289 g/mol. The molecule has 4 unspecified atom stereocenters. The van der Waals surface area contributed by atoms with Gasteiger partial charge in [-0.2, -0.15) is 0 Å². The van der Waals surface area contributed by atoms with Gasteiger partial charge in [0.15, 0.2) is 0 Å². The minimum Gasteiger partial charge on any atom is -0.490 e. The molecule has 0 fully saturated rings. The fourth-order valence-electron chi connectivity index (χ4n) is 3.91. The van der Waals surface area contributed by atoms with E-state index in [0.717, 1.165) is 24.2 Å². The number of rotatable bonds is 2. The van der Waals surface area contributed by atoms with Crippen molar-refractivity contribution >= 4 is 0 Å². The van der Waals surface area contributed by atoms with Gasteiger partial charge in [0.05, 0.1) is 0 Å². The Morgan fingerprint density at radius 1 is 1.29 bits per heavy atom. The first-order valence-electron chi connectivity index (χ1n) is 7.87. The largest absolute Gasteiger partial charge is 0.490 e. The Kier molecular flexibility index (Phi) is 4.03. The smallest absolute Gasteiger partial charge is 0.124 e. The van der Waals surface area contributed by atoms with E-state index < -0.39 is 0 Å². The molecule has 3 heteroatoms. The minimum atomic E-state index is -0.193. The Bertz CT molecular complexity index is 554. The lowest BCUT2D eigenvalue weighted by atomic mass is 9.77. The van der Waals surface area contributed by atoms with Gasteiger partial charge in [0, 0.05) is 23.9 Å². The van der Waals surface area contributed by atoms with Crippen LogP contribution in [0.3, 0.4) is 0 Å². The van der Waals surface area contributed by atoms with Gasteiger partial charge >= 0.3 is 0 Å². The van der Waals surface area contributed by atoms with E-state index in [0.29, 0.717) is 11.8 Å². The molecule has 0 saturated heterocycles. The zero-order valence-electron chi connectivity index (χ0n) is 13.0. The molecule has 1 heterocycles. The van der Waals surface area contributed by atoms with Gasteiger partial charge in [-0.25, -0.2) is 4.39 Å². The van der Waals surface area contributed by atoms with Gasteiger partial charge < -0.3 is 10.1 Å². The number of allylic oxidation sites excluding steroid dienone is 2. The SMILES string of the molecule is CNC1CC(C2CC(C)=CC(C)C2)Oc2ccc(F)cc21. The Morgan fingerprint density at radius 3 is 2.81 bits per heavy atom. The molecular weight excluding hydrogens is 265 g/mol. The van der Waals surface area contributed by atoms with Crippen molar-refractivity contribution in [3.05, 3.63) is 41.2 Å². The van der Waals surface area contributed by atoms with Crippen LogP contribution in [0.4, 0.5) is 4.39 Å². The number of fused-ring (bicyclic) bond motifs is 1. The van der Waals surface area contributed by atoms with Gasteiger partial charge in [-0.15, -0.1) is 0 Å². The van der Waals surface area contributed by atoms with E-state index in [2.05, 4.69) is 25.2 Å². The van der Waals surface area contributed by atoms with Crippen LogP contribution in [-0.4, -0.2) is 13.2 Å². The van der Waals surface area contributed by atoms with Crippen LogP contribution in [0.5, 0.6) is 5.75 Å². The van der Waals surface area contributed by atoms with Crippen LogP contribution >= 0.6 is 0 Å². The molecular formula is C18H24FNO. The highest BCUT2D eigenvalue weighted by Crippen LogP contribution is 2.41. The first-order chi connectivity index (χ1) is 10.1. The summed E-state index contributed by atoms with van der Waals surface area (Å²) in [4.78, 5) is 0. The molecule has 0 bridgehead atoms. The summed E-state index contributed by atoms with van der Waals surface area (Å²) in [6.45, 7) is 4.49. The van der Waals surface area contributed by atoms with Crippen molar-refractivity contribution in [1.82, 2.24) is 5.32 Å². The molecule has 4 atom stereocenters. The van der Waals surface area contributed by atoms with Crippen molar-refractivity contribution in [2.24, 2.45) is 11.8 Å². The highest BCUT2D eigenvalue weighted by molar-refractivity contribution is 5.38. The number of halogens is 1. The van der Waals surface area contributed by atoms with Crippen LogP contribution in [-0.2, 0) is 0 Å². The maximum absolute atomic E-state index is 13.5. The van der Waals surface area contributed by atoms with Crippen LogP contribution in [0, 0.1) is 17.7 Å². The Balaban J connectivity index is 1.84. The van der Waals surface area contributed by atoms with E-state index in [1.165, 1.54) is 18.1 Å². The van der Waals surface area contributed by atoms with Crippen molar-refractivity contribution in [3.63, 3.8) is 0 Å². The van der Waals surface area contributed by atoms with E-state index in [9.17, 15) is 4.39 Å². The standard InChI is InChI=1S/C18H24FNO/c1-11-6-12(2)8-13(7-11)18-10-16(20-3)15-9-14(19)4-5-17(15)21-18/h4-6,9,11,13,16,18,20H,7-8,10H2,1-3H3. The molecule has 0 spiro atoms. The van der Waals surface area contributed by atoms with Crippen LogP contribution in [0.2, 0.25) is 0 Å². The van der Waals surface area contributed by atoms with Gasteiger partial charge in [0.2, 0.25) is 0 Å². The molecule has 1 aromatic carbocycles. The maximum atomic E-state index is 13.5. The Labute approximate surface area is 126 Å². The number of hydrogen-bond acceptors (Lipinski definition) is 2. The molecule has 3 rings (SSSR count). The molecule has 1 aliphatic carbocycles. The number of nitrogens with one attached hydrogen (secondary N) is 1. The highest BCUT2D eigenvalue weighted by Gasteiger charge is 2.34. The summed E-state index contributed by atoms with van der Waals surface area (Å²) in [7, 11) is 1.94. The highest BCUT2D eigenvalue weighted by atomic mass is 19.1. The quantitative estimate of drug-likeness (QED) is 0.823. The van der Waals surface area contributed by atoms with E-state index in [4.69, 9.17) is 4.74 Å². The second-order valence-corrected chi connectivity index (χ2v) is 6.61. The topological polar surface area (TPSA) is 21.3 Å². The molecule has 1 aliphatic heterocycles. The second kappa shape index (κ2) is 5.80. The predicted molar refractivity (Wildman–Crippen MR) is 82.9 cm³/mol. The van der Waals surface area contributed by atoms with E-state index in [-0.39, 0.29) is 18.0 Å². The van der Waals surface area contributed by atoms with Gasteiger partial charge in [0.1, 0.15) is 17.7 Å². The summed E-state index contributed by atoms with van der Waals surface area (Å²) in [6, 6.07) is 5.04. The summed E-state index contributed by atoms with van der Waals surface area (Å²) in [5.41, 5.74) is 2.41. The Morgan fingerprint density at radius 2 is 2.10 bits per heavy atom. The molecule has 0 aromatic heterocycles. The van der Waals surface area contributed by atoms with Gasteiger partial charge in [-0.05, 0) is 50.9 Å². The van der Waals surface area contributed by atoms with Crippen molar-refractivity contribution in [3.8, 4) is 5.75 Å². The van der Waals surface area contributed by atoms with Crippen molar-refractivity contribution in [1.29, 1.82) is 0 Å².